The van der Waals surface area contributed by atoms with Crippen molar-refractivity contribution in [2.45, 2.75) is 25.8 Å². The number of esters is 1. The van der Waals surface area contributed by atoms with Crippen molar-refractivity contribution in [2.24, 2.45) is 0 Å². The van der Waals surface area contributed by atoms with Gasteiger partial charge in [-0.1, -0.05) is 0 Å². The highest BCUT2D eigenvalue weighted by molar-refractivity contribution is 6.01. The van der Waals surface area contributed by atoms with Gasteiger partial charge >= 0.3 is 5.97 Å². The molecule has 132 valence electrons. The number of hydrogen-bond acceptors (Lipinski definition) is 5. The van der Waals surface area contributed by atoms with Crippen molar-refractivity contribution >= 4 is 17.6 Å². The number of benzene rings is 1. The van der Waals surface area contributed by atoms with E-state index in [0.29, 0.717) is 17.8 Å². The van der Waals surface area contributed by atoms with Crippen LogP contribution in [-0.2, 0) is 4.74 Å². The average Bonchev–Trinajstić information content (AvgIpc) is 3.30. The summed E-state index contributed by atoms with van der Waals surface area (Å²) in [6.07, 6.45) is 1.81. The van der Waals surface area contributed by atoms with Crippen molar-refractivity contribution in [2.75, 3.05) is 12.3 Å². The minimum atomic E-state index is -1.37. The second-order valence-corrected chi connectivity index (χ2v) is 5.77. The lowest BCUT2D eigenvalue weighted by molar-refractivity contribution is 0.0472. The number of nitrogens with two attached hydrogens (primary N) is 1. The number of ketones is 1. The second kappa shape index (κ2) is 6.23. The molecule has 1 aromatic heterocycles. The molecule has 6 nitrogen and oxygen atoms in total. The van der Waals surface area contributed by atoms with Gasteiger partial charge in [-0.25, -0.2) is 22.6 Å². The third kappa shape index (κ3) is 3.21. The largest absolute Gasteiger partial charge is 0.454 e. The predicted molar refractivity (Wildman–Crippen MR) is 80.6 cm³/mol. The van der Waals surface area contributed by atoms with Crippen LogP contribution < -0.4 is 5.73 Å². The summed E-state index contributed by atoms with van der Waals surface area (Å²) in [5, 5.41) is 4.16. The van der Waals surface area contributed by atoms with Crippen LogP contribution in [0.3, 0.4) is 0 Å². The molecule has 1 fully saturated rings. The molecule has 2 N–H and O–H groups in total. The monoisotopic (exact) mass is 353 g/mol. The fourth-order valence-corrected chi connectivity index (χ4v) is 2.50. The van der Waals surface area contributed by atoms with Gasteiger partial charge in [0.15, 0.2) is 6.61 Å². The van der Waals surface area contributed by atoms with E-state index < -0.39 is 41.4 Å². The average molecular weight is 353 g/mol. The molecule has 9 heteroatoms. The standard InChI is InChI=1S/C16H14F3N3O3/c1-7-13(15(20)22(21-7)9-2-3-9)16(24)25-6-12(23)14-10(18)4-8(17)5-11(14)19/h4-5,9H,2-3,6,20H2,1H3. The number of anilines is 1. The minimum Gasteiger partial charge on any atom is -0.454 e. The summed E-state index contributed by atoms with van der Waals surface area (Å²) >= 11 is 0. The highest BCUT2D eigenvalue weighted by Crippen LogP contribution is 2.37. The summed E-state index contributed by atoms with van der Waals surface area (Å²) in [4.78, 5) is 24.0. The lowest BCUT2D eigenvalue weighted by atomic mass is 10.1. The van der Waals surface area contributed by atoms with Crippen LogP contribution in [0.25, 0.3) is 0 Å². The van der Waals surface area contributed by atoms with Crippen molar-refractivity contribution in [3.63, 3.8) is 0 Å². The van der Waals surface area contributed by atoms with E-state index in [4.69, 9.17) is 10.5 Å². The Labute approximate surface area is 140 Å². The Hall–Kier alpha value is -2.84. The maximum absolute atomic E-state index is 13.6. The molecule has 0 amide bonds. The van der Waals surface area contributed by atoms with E-state index in [9.17, 15) is 22.8 Å². The molecular weight excluding hydrogens is 339 g/mol. The number of halogens is 3. The molecule has 1 heterocycles. The third-order valence-electron chi connectivity index (χ3n) is 3.84. The number of nitrogens with zero attached hydrogens (tertiary/aromatic N) is 2. The quantitative estimate of drug-likeness (QED) is 0.659. The molecule has 25 heavy (non-hydrogen) atoms. The SMILES string of the molecule is Cc1nn(C2CC2)c(N)c1C(=O)OCC(=O)c1c(F)cc(F)cc1F. The summed E-state index contributed by atoms with van der Waals surface area (Å²) in [5.74, 6) is -5.81. The topological polar surface area (TPSA) is 87.2 Å². The van der Waals surface area contributed by atoms with Gasteiger partial charge in [-0.3, -0.25) is 4.79 Å². The Morgan fingerprint density at radius 1 is 1.24 bits per heavy atom. The Morgan fingerprint density at radius 2 is 1.84 bits per heavy atom. The molecule has 1 aliphatic rings. The van der Waals surface area contributed by atoms with Crippen LogP contribution in [0.1, 0.15) is 45.3 Å². The van der Waals surface area contributed by atoms with Crippen molar-refractivity contribution in [1.82, 2.24) is 9.78 Å². The molecule has 0 atom stereocenters. The first-order valence-corrected chi connectivity index (χ1v) is 7.49. The van der Waals surface area contributed by atoms with Crippen LogP contribution in [0.2, 0.25) is 0 Å². The Morgan fingerprint density at radius 3 is 2.40 bits per heavy atom. The van der Waals surface area contributed by atoms with Gasteiger partial charge in [-0.15, -0.1) is 0 Å². The maximum Gasteiger partial charge on any atom is 0.344 e. The van der Waals surface area contributed by atoms with E-state index in [-0.39, 0.29) is 17.4 Å². The zero-order valence-corrected chi connectivity index (χ0v) is 13.2. The van der Waals surface area contributed by atoms with Gasteiger partial charge in [0.2, 0.25) is 5.78 Å². The summed E-state index contributed by atoms with van der Waals surface area (Å²) in [7, 11) is 0. The van der Waals surface area contributed by atoms with E-state index in [1.165, 1.54) is 4.68 Å². The molecule has 0 radical (unpaired) electrons. The van der Waals surface area contributed by atoms with Gasteiger partial charge in [0, 0.05) is 12.1 Å². The number of Topliss-reactive ketones (excluding diaryl/α,β-unsaturated/α-hetero) is 1. The van der Waals surface area contributed by atoms with Crippen molar-refractivity contribution < 1.29 is 27.5 Å². The van der Waals surface area contributed by atoms with Crippen LogP contribution in [0.15, 0.2) is 12.1 Å². The number of rotatable bonds is 5. The Balaban J connectivity index is 1.74. The van der Waals surface area contributed by atoms with Gasteiger partial charge in [-0.05, 0) is 19.8 Å². The molecule has 2 aromatic rings. The number of aryl methyl sites for hydroxylation is 1. The van der Waals surface area contributed by atoms with Crippen LogP contribution in [-0.4, -0.2) is 28.1 Å². The fraction of sp³-hybridized carbons (Fsp3) is 0.312. The molecular formula is C16H14F3N3O3. The van der Waals surface area contributed by atoms with E-state index in [1.807, 2.05) is 0 Å². The molecule has 1 aromatic carbocycles. The molecule has 1 aliphatic carbocycles. The lowest BCUT2D eigenvalue weighted by Gasteiger charge is -2.07. The summed E-state index contributed by atoms with van der Waals surface area (Å²) in [6, 6.07) is 0.893. The zero-order chi connectivity index (χ0) is 18.3. The maximum atomic E-state index is 13.6. The van der Waals surface area contributed by atoms with Gasteiger partial charge in [0.05, 0.1) is 17.3 Å². The van der Waals surface area contributed by atoms with Crippen LogP contribution in [0.5, 0.6) is 0 Å². The number of aromatic nitrogens is 2. The van der Waals surface area contributed by atoms with Gasteiger partial charge in [-0.2, -0.15) is 5.10 Å². The molecule has 0 aliphatic heterocycles. The predicted octanol–water partition coefficient (Wildman–Crippen LogP) is 2.57. The minimum absolute atomic E-state index is 0.0137. The van der Waals surface area contributed by atoms with Crippen LogP contribution in [0.4, 0.5) is 19.0 Å². The second-order valence-electron chi connectivity index (χ2n) is 5.77. The van der Waals surface area contributed by atoms with E-state index >= 15 is 0 Å². The lowest BCUT2D eigenvalue weighted by Crippen LogP contribution is -2.18. The molecule has 0 unspecified atom stereocenters. The highest BCUT2D eigenvalue weighted by atomic mass is 19.1. The summed E-state index contributed by atoms with van der Waals surface area (Å²) < 4.78 is 46.3. The van der Waals surface area contributed by atoms with Crippen molar-refractivity contribution in [3.8, 4) is 0 Å². The number of hydrogen-bond donors (Lipinski definition) is 1. The first kappa shape index (κ1) is 17.0. The highest BCUT2D eigenvalue weighted by Gasteiger charge is 2.31. The third-order valence-corrected chi connectivity index (χ3v) is 3.84. The molecule has 0 bridgehead atoms. The summed E-state index contributed by atoms with van der Waals surface area (Å²) in [5.41, 5.74) is 5.26. The smallest absolute Gasteiger partial charge is 0.344 e. The Bertz CT molecular complexity index is 852. The van der Waals surface area contributed by atoms with E-state index in [0.717, 1.165) is 12.8 Å². The molecule has 0 saturated heterocycles. The van der Waals surface area contributed by atoms with Crippen LogP contribution in [0, 0.1) is 24.4 Å². The van der Waals surface area contributed by atoms with Crippen molar-refractivity contribution in [3.05, 3.63) is 46.4 Å². The number of nitrogen functional groups attached to an aromatic ring is 1. The van der Waals surface area contributed by atoms with Gasteiger partial charge in [0.25, 0.3) is 0 Å². The van der Waals surface area contributed by atoms with Gasteiger partial charge < -0.3 is 10.5 Å². The van der Waals surface area contributed by atoms with Gasteiger partial charge in [0.1, 0.15) is 28.8 Å². The Kier molecular flexibility index (Phi) is 4.23. The van der Waals surface area contributed by atoms with Crippen LogP contribution >= 0.6 is 0 Å². The zero-order valence-electron chi connectivity index (χ0n) is 13.2. The molecule has 0 spiro atoms. The first-order chi connectivity index (χ1) is 11.8. The molecule has 1 saturated carbocycles. The fourth-order valence-electron chi connectivity index (χ4n) is 2.50. The number of carbonyl (C=O) groups is 2. The van der Waals surface area contributed by atoms with E-state index in [1.54, 1.807) is 6.92 Å². The first-order valence-electron chi connectivity index (χ1n) is 7.49. The van der Waals surface area contributed by atoms with Crippen molar-refractivity contribution in [1.29, 1.82) is 0 Å². The summed E-state index contributed by atoms with van der Waals surface area (Å²) in [6.45, 7) is 0.652. The normalized spacial score (nSPS) is 13.8. The number of carbonyl (C=O) groups excluding carboxylic acids is 2. The van der Waals surface area contributed by atoms with E-state index in [2.05, 4.69) is 5.10 Å². The molecule has 3 rings (SSSR count). The number of ether oxygens (including phenoxy) is 1.